The molecule has 1 unspecified atom stereocenters. The standard InChI is InChI=1S/C18H21FN2O2S/c1-11-5-7-12(8-6-11)21-17(18(20)24-4)14-9-13(22-2)10-15(23-3)16(14)19/h5-10,17,20-21H,1-4H3. The van der Waals surface area contributed by atoms with Crippen molar-refractivity contribution in [3.63, 3.8) is 0 Å². The topological polar surface area (TPSA) is 54.3 Å². The molecule has 0 aliphatic rings. The van der Waals surface area contributed by atoms with Gasteiger partial charge in [0.05, 0.1) is 19.3 Å². The van der Waals surface area contributed by atoms with Crippen LogP contribution in [0.15, 0.2) is 36.4 Å². The van der Waals surface area contributed by atoms with Crippen LogP contribution < -0.4 is 14.8 Å². The number of ether oxygens (including phenoxy) is 2. The second-order valence-electron chi connectivity index (χ2n) is 5.24. The quantitative estimate of drug-likeness (QED) is 0.590. The molecular weight excluding hydrogens is 327 g/mol. The van der Waals surface area contributed by atoms with Crippen LogP contribution >= 0.6 is 11.8 Å². The molecule has 6 heteroatoms. The zero-order valence-corrected chi connectivity index (χ0v) is 15.0. The van der Waals surface area contributed by atoms with E-state index in [4.69, 9.17) is 14.9 Å². The van der Waals surface area contributed by atoms with Crippen LogP contribution in [0.3, 0.4) is 0 Å². The minimum Gasteiger partial charge on any atom is -0.497 e. The summed E-state index contributed by atoms with van der Waals surface area (Å²) in [6.07, 6.45) is 1.79. The van der Waals surface area contributed by atoms with Gasteiger partial charge in [-0.25, -0.2) is 4.39 Å². The molecule has 0 aliphatic heterocycles. The first-order chi connectivity index (χ1) is 11.5. The van der Waals surface area contributed by atoms with Crippen LogP contribution in [0.5, 0.6) is 11.5 Å². The molecule has 0 bridgehead atoms. The Bertz CT molecular complexity index is 720. The molecule has 0 aliphatic carbocycles. The van der Waals surface area contributed by atoms with Gasteiger partial charge in [-0.3, -0.25) is 5.41 Å². The van der Waals surface area contributed by atoms with Gasteiger partial charge < -0.3 is 14.8 Å². The zero-order chi connectivity index (χ0) is 17.7. The summed E-state index contributed by atoms with van der Waals surface area (Å²) >= 11 is 1.26. The normalized spacial score (nSPS) is 11.7. The van der Waals surface area contributed by atoms with Crippen molar-refractivity contribution in [2.24, 2.45) is 0 Å². The van der Waals surface area contributed by atoms with Gasteiger partial charge >= 0.3 is 0 Å². The molecule has 4 nitrogen and oxygen atoms in total. The Morgan fingerprint density at radius 2 is 1.83 bits per heavy atom. The molecule has 2 rings (SSSR count). The van der Waals surface area contributed by atoms with Gasteiger partial charge in [0, 0.05) is 17.3 Å². The maximum Gasteiger partial charge on any atom is 0.171 e. The van der Waals surface area contributed by atoms with Gasteiger partial charge in [0.1, 0.15) is 11.8 Å². The molecule has 128 valence electrons. The van der Waals surface area contributed by atoms with Gasteiger partial charge in [-0.1, -0.05) is 17.7 Å². The number of aryl methyl sites for hydroxylation is 1. The van der Waals surface area contributed by atoms with Gasteiger partial charge in [-0.05, 0) is 31.4 Å². The Hall–Kier alpha value is -2.21. The molecule has 0 heterocycles. The fourth-order valence-corrected chi connectivity index (χ4v) is 2.71. The van der Waals surface area contributed by atoms with Crippen molar-refractivity contribution in [3.8, 4) is 11.5 Å². The minimum atomic E-state index is -0.633. The van der Waals surface area contributed by atoms with Crippen molar-refractivity contribution in [2.75, 3.05) is 25.8 Å². The highest BCUT2D eigenvalue weighted by molar-refractivity contribution is 8.13. The Labute approximate surface area is 145 Å². The van der Waals surface area contributed by atoms with E-state index in [0.717, 1.165) is 11.3 Å². The molecule has 2 N–H and O–H groups in total. The number of rotatable bonds is 6. The summed E-state index contributed by atoms with van der Waals surface area (Å²) in [5.41, 5.74) is 2.25. The lowest BCUT2D eigenvalue weighted by atomic mass is 10.0. The zero-order valence-electron chi connectivity index (χ0n) is 14.1. The van der Waals surface area contributed by atoms with Gasteiger partial charge in [0.25, 0.3) is 0 Å². The minimum absolute atomic E-state index is 0.0916. The average Bonchev–Trinajstić information content (AvgIpc) is 2.61. The molecule has 1 atom stereocenters. The summed E-state index contributed by atoms with van der Waals surface area (Å²) in [6, 6.07) is 10.2. The summed E-state index contributed by atoms with van der Waals surface area (Å²) in [5.74, 6) is 0.0727. The maximum absolute atomic E-state index is 14.8. The van der Waals surface area contributed by atoms with Crippen LogP contribution in [-0.4, -0.2) is 25.5 Å². The van der Waals surface area contributed by atoms with Crippen LogP contribution in [0.4, 0.5) is 10.1 Å². The third-order valence-corrected chi connectivity index (χ3v) is 4.33. The van der Waals surface area contributed by atoms with Crippen molar-refractivity contribution in [1.82, 2.24) is 0 Å². The second kappa shape index (κ2) is 8.06. The Kier molecular flexibility index (Phi) is 6.09. The van der Waals surface area contributed by atoms with Crippen LogP contribution in [0.25, 0.3) is 0 Å². The largest absolute Gasteiger partial charge is 0.497 e. The van der Waals surface area contributed by atoms with Crippen molar-refractivity contribution >= 4 is 22.5 Å². The van der Waals surface area contributed by atoms with Crippen LogP contribution in [0.1, 0.15) is 17.2 Å². The molecule has 0 saturated carbocycles. The first kappa shape index (κ1) is 18.1. The number of benzene rings is 2. The smallest absolute Gasteiger partial charge is 0.171 e. The van der Waals surface area contributed by atoms with Crippen molar-refractivity contribution in [3.05, 3.63) is 53.3 Å². The van der Waals surface area contributed by atoms with Gasteiger partial charge in [0.2, 0.25) is 0 Å². The van der Waals surface area contributed by atoms with Gasteiger partial charge in [-0.2, -0.15) is 0 Å². The SMILES string of the molecule is COc1cc(OC)c(F)c(C(Nc2ccc(C)cc2)C(=N)SC)c1. The van der Waals surface area contributed by atoms with Crippen molar-refractivity contribution in [2.45, 2.75) is 13.0 Å². The molecule has 0 saturated heterocycles. The number of nitrogens with one attached hydrogen (secondary N) is 2. The summed E-state index contributed by atoms with van der Waals surface area (Å²) < 4.78 is 25.1. The number of hydrogen-bond acceptors (Lipinski definition) is 5. The number of halogens is 1. The fraction of sp³-hybridized carbons (Fsp3) is 0.278. The fourth-order valence-electron chi connectivity index (χ4n) is 2.29. The summed E-state index contributed by atoms with van der Waals surface area (Å²) in [7, 11) is 2.92. The van der Waals surface area contributed by atoms with Crippen molar-refractivity contribution < 1.29 is 13.9 Å². The van der Waals surface area contributed by atoms with Gasteiger partial charge in [-0.15, -0.1) is 11.8 Å². The highest BCUT2D eigenvalue weighted by Gasteiger charge is 2.24. The predicted molar refractivity (Wildman–Crippen MR) is 98.3 cm³/mol. The molecule has 2 aromatic carbocycles. The molecule has 0 spiro atoms. The predicted octanol–water partition coefficient (Wildman–Crippen LogP) is 4.64. The van der Waals surface area contributed by atoms with E-state index in [9.17, 15) is 4.39 Å². The lowest BCUT2D eigenvalue weighted by molar-refractivity contribution is 0.371. The maximum atomic E-state index is 14.8. The summed E-state index contributed by atoms with van der Waals surface area (Å²) in [6.45, 7) is 2.00. The molecule has 0 radical (unpaired) electrons. The Balaban J connectivity index is 2.48. The van der Waals surface area contributed by atoms with Gasteiger partial charge in [0.15, 0.2) is 11.6 Å². The van der Waals surface area contributed by atoms with E-state index in [1.54, 1.807) is 12.3 Å². The molecule has 0 amide bonds. The monoisotopic (exact) mass is 348 g/mol. The van der Waals surface area contributed by atoms with E-state index in [1.807, 2.05) is 31.2 Å². The molecule has 0 aromatic heterocycles. The Morgan fingerprint density at radius 1 is 1.17 bits per heavy atom. The number of anilines is 1. The van der Waals surface area contributed by atoms with Crippen LogP contribution in [0.2, 0.25) is 0 Å². The highest BCUT2D eigenvalue weighted by Crippen LogP contribution is 2.34. The first-order valence-corrected chi connectivity index (χ1v) is 8.59. The van der Waals surface area contributed by atoms with E-state index < -0.39 is 11.9 Å². The van der Waals surface area contributed by atoms with E-state index in [1.165, 1.54) is 32.0 Å². The third kappa shape index (κ3) is 4.00. The van der Waals surface area contributed by atoms with Crippen LogP contribution in [0, 0.1) is 18.2 Å². The summed E-state index contributed by atoms with van der Waals surface area (Å²) in [5, 5.41) is 11.7. The lowest BCUT2D eigenvalue weighted by Crippen LogP contribution is -2.20. The van der Waals surface area contributed by atoms with E-state index in [2.05, 4.69) is 5.32 Å². The Morgan fingerprint density at radius 3 is 2.38 bits per heavy atom. The second-order valence-corrected chi connectivity index (χ2v) is 6.09. The number of methoxy groups -OCH3 is 2. The third-order valence-electron chi connectivity index (χ3n) is 3.65. The lowest BCUT2D eigenvalue weighted by Gasteiger charge is -2.22. The van der Waals surface area contributed by atoms with Crippen molar-refractivity contribution in [1.29, 1.82) is 5.41 Å². The van der Waals surface area contributed by atoms with E-state index in [0.29, 0.717) is 16.4 Å². The average molecular weight is 348 g/mol. The number of thioether (sulfide) groups is 1. The number of hydrogen-bond donors (Lipinski definition) is 2. The van der Waals surface area contributed by atoms with Crippen LogP contribution in [-0.2, 0) is 0 Å². The molecule has 0 fully saturated rings. The molecule has 2 aromatic rings. The molecule has 24 heavy (non-hydrogen) atoms. The van der Waals surface area contributed by atoms with E-state index >= 15 is 0 Å². The first-order valence-electron chi connectivity index (χ1n) is 7.37. The molecular formula is C18H21FN2O2S. The van der Waals surface area contributed by atoms with E-state index in [-0.39, 0.29) is 5.75 Å². The highest BCUT2D eigenvalue weighted by atomic mass is 32.2. The summed E-state index contributed by atoms with van der Waals surface area (Å²) in [4.78, 5) is 0.